The van der Waals surface area contributed by atoms with Crippen molar-refractivity contribution < 1.29 is 9.59 Å². The lowest BCUT2D eigenvalue weighted by Crippen LogP contribution is -2.54. The Labute approximate surface area is 141 Å². The van der Waals surface area contributed by atoms with Crippen LogP contribution >= 0.6 is 11.8 Å². The molecule has 0 bridgehead atoms. The van der Waals surface area contributed by atoms with E-state index in [1.165, 1.54) is 0 Å². The molecule has 23 heavy (non-hydrogen) atoms. The Hall–Kier alpha value is -1.50. The van der Waals surface area contributed by atoms with Gasteiger partial charge in [0.05, 0.1) is 24.7 Å². The minimum absolute atomic E-state index is 0.00962. The molecular formula is C16H24N4O2S. The first-order valence-corrected chi connectivity index (χ1v) is 9.36. The third-order valence-electron chi connectivity index (χ3n) is 4.64. The van der Waals surface area contributed by atoms with Crippen molar-refractivity contribution in [1.82, 2.24) is 19.6 Å². The van der Waals surface area contributed by atoms with E-state index < -0.39 is 0 Å². The lowest BCUT2D eigenvalue weighted by molar-refractivity contribution is -0.145. The fourth-order valence-corrected chi connectivity index (χ4v) is 4.62. The Morgan fingerprint density at radius 2 is 2.17 bits per heavy atom. The number of carbonyl (C=O) groups is 2. The minimum Gasteiger partial charge on any atom is -0.336 e. The Balaban J connectivity index is 1.72. The first-order valence-electron chi connectivity index (χ1n) is 8.21. The molecule has 2 atom stereocenters. The molecule has 126 valence electrons. The van der Waals surface area contributed by atoms with E-state index in [2.05, 4.69) is 5.10 Å². The van der Waals surface area contributed by atoms with Crippen molar-refractivity contribution in [2.24, 2.45) is 0 Å². The van der Waals surface area contributed by atoms with Crippen LogP contribution in [0.1, 0.15) is 31.7 Å². The monoisotopic (exact) mass is 336 g/mol. The summed E-state index contributed by atoms with van der Waals surface area (Å²) in [5.74, 6) is 1.44. The molecule has 0 N–H and O–H groups in total. The van der Waals surface area contributed by atoms with Gasteiger partial charge in [0.25, 0.3) is 0 Å². The summed E-state index contributed by atoms with van der Waals surface area (Å²) in [7, 11) is 0. The van der Waals surface area contributed by atoms with E-state index in [1.54, 1.807) is 23.6 Å². The topological polar surface area (TPSA) is 58.4 Å². The molecule has 3 heterocycles. The molecule has 7 heteroatoms. The van der Waals surface area contributed by atoms with E-state index in [0.717, 1.165) is 37.9 Å². The van der Waals surface area contributed by atoms with E-state index >= 15 is 0 Å². The van der Waals surface area contributed by atoms with Crippen molar-refractivity contribution in [2.75, 3.05) is 18.2 Å². The third-order valence-corrected chi connectivity index (χ3v) is 5.65. The van der Waals surface area contributed by atoms with Crippen LogP contribution in [0.25, 0.3) is 0 Å². The largest absolute Gasteiger partial charge is 0.336 e. The van der Waals surface area contributed by atoms with Gasteiger partial charge in [-0.3, -0.25) is 14.3 Å². The summed E-state index contributed by atoms with van der Waals surface area (Å²) in [4.78, 5) is 28.5. The molecule has 0 saturated carbocycles. The van der Waals surface area contributed by atoms with Crippen molar-refractivity contribution in [3.05, 3.63) is 18.0 Å². The molecule has 2 aliphatic heterocycles. The maximum Gasteiger partial charge on any atom is 0.246 e. The van der Waals surface area contributed by atoms with Crippen LogP contribution in [0.4, 0.5) is 0 Å². The van der Waals surface area contributed by atoms with Crippen LogP contribution in [0.5, 0.6) is 0 Å². The number of likely N-dealkylation sites (tertiary alicyclic amines) is 1. The van der Waals surface area contributed by atoms with E-state index in [9.17, 15) is 9.59 Å². The number of hydrogen-bond acceptors (Lipinski definition) is 4. The zero-order chi connectivity index (χ0) is 16.4. The van der Waals surface area contributed by atoms with Gasteiger partial charge in [-0.1, -0.05) is 0 Å². The highest BCUT2D eigenvalue weighted by Crippen LogP contribution is 2.26. The first kappa shape index (κ1) is 16.4. The molecular weight excluding hydrogens is 312 g/mol. The van der Waals surface area contributed by atoms with Crippen LogP contribution in [0.3, 0.4) is 0 Å². The molecule has 6 nitrogen and oxygen atoms in total. The van der Waals surface area contributed by atoms with Crippen molar-refractivity contribution >= 4 is 23.6 Å². The van der Waals surface area contributed by atoms with E-state index in [4.69, 9.17) is 0 Å². The maximum absolute atomic E-state index is 13.0. The van der Waals surface area contributed by atoms with Gasteiger partial charge in [-0.15, -0.1) is 11.8 Å². The molecule has 1 aromatic rings. The van der Waals surface area contributed by atoms with Crippen molar-refractivity contribution in [3.63, 3.8) is 0 Å². The Bertz CT molecular complexity index is 588. The Morgan fingerprint density at radius 1 is 1.35 bits per heavy atom. The van der Waals surface area contributed by atoms with Crippen molar-refractivity contribution in [3.8, 4) is 0 Å². The van der Waals surface area contributed by atoms with Gasteiger partial charge in [-0.2, -0.15) is 5.10 Å². The minimum atomic E-state index is -0.294. The highest BCUT2D eigenvalue weighted by molar-refractivity contribution is 7.99. The number of piperidine rings is 1. The van der Waals surface area contributed by atoms with Crippen LogP contribution in [-0.4, -0.2) is 61.7 Å². The van der Waals surface area contributed by atoms with Crippen molar-refractivity contribution in [1.29, 1.82) is 0 Å². The number of aromatic nitrogens is 2. The summed E-state index contributed by atoms with van der Waals surface area (Å²) < 4.78 is 1.93. The van der Waals surface area contributed by atoms with Gasteiger partial charge >= 0.3 is 0 Å². The number of nitrogens with zero attached hydrogens (tertiary/aromatic N) is 4. The second-order valence-electron chi connectivity index (χ2n) is 6.43. The number of hydrogen-bond donors (Lipinski definition) is 0. The highest BCUT2D eigenvalue weighted by atomic mass is 32.2. The number of amides is 2. The zero-order valence-corrected chi connectivity index (χ0v) is 14.6. The normalized spacial score (nSPS) is 25.0. The van der Waals surface area contributed by atoms with Crippen molar-refractivity contribution in [2.45, 2.75) is 51.7 Å². The summed E-state index contributed by atoms with van der Waals surface area (Å²) >= 11 is 1.66. The van der Waals surface area contributed by atoms with Gasteiger partial charge in [0.1, 0.15) is 6.04 Å². The summed E-state index contributed by atoms with van der Waals surface area (Å²) in [6.45, 7) is 5.09. The molecule has 2 saturated heterocycles. The molecule has 1 aromatic heterocycles. The molecule has 0 spiro atoms. The van der Waals surface area contributed by atoms with Gasteiger partial charge in [-0.25, -0.2) is 0 Å². The summed E-state index contributed by atoms with van der Waals surface area (Å²) in [6.07, 6.45) is 7.06. The predicted octanol–water partition coefficient (Wildman–Crippen LogP) is 1.49. The van der Waals surface area contributed by atoms with Crippen LogP contribution in [0.15, 0.2) is 12.4 Å². The van der Waals surface area contributed by atoms with E-state index in [1.807, 2.05) is 28.9 Å². The predicted molar refractivity (Wildman–Crippen MR) is 89.9 cm³/mol. The standard InChI is InChI=1S/C16H24N4O2S/c1-12-7-17-18(8-12)9-14-5-3-4-6-19(14)16(22)15-10-23-11-20(15)13(2)21/h7-8,14-15H,3-6,9-11H2,1-2H3/t14-,15+/m0/s1. The molecule has 0 unspecified atom stereocenters. The summed E-state index contributed by atoms with van der Waals surface area (Å²) in [6, 6.07) is -0.118. The SMILES string of the molecule is CC(=O)N1CSC[C@@H]1C(=O)N1CCCC[C@H]1Cn1cc(C)cn1. The molecule has 3 rings (SSSR count). The van der Waals surface area contributed by atoms with Crippen LogP contribution < -0.4 is 0 Å². The van der Waals surface area contributed by atoms with E-state index in [-0.39, 0.29) is 23.9 Å². The second kappa shape index (κ2) is 6.95. The fourth-order valence-electron chi connectivity index (χ4n) is 3.41. The van der Waals surface area contributed by atoms with Gasteiger partial charge in [0.2, 0.25) is 11.8 Å². The molecule has 0 aromatic carbocycles. The lowest BCUT2D eigenvalue weighted by atomic mass is 10.0. The van der Waals surface area contributed by atoms with Crippen LogP contribution in [0.2, 0.25) is 0 Å². The average Bonchev–Trinajstić information content (AvgIpc) is 3.16. The number of carbonyl (C=O) groups excluding carboxylic acids is 2. The molecule has 2 aliphatic rings. The lowest BCUT2D eigenvalue weighted by Gasteiger charge is -2.38. The van der Waals surface area contributed by atoms with E-state index in [0.29, 0.717) is 11.6 Å². The van der Waals surface area contributed by atoms with Gasteiger partial charge in [0, 0.05) is 25.4 Å². The summed E-state index contributed by atoms with van der Waals surface area (Å²) in [5, 5.41) is 4.35. The quantitative estimate of drug-likeness (QED) is 0.839. The van der Waals surface area contributed by atoms with Crippen LogP contribution in [0, 0.1) is 6.92 Å². The zero-order valence-electron chi connectivity index (χ0n) is 13.8. The number of thioether (sulfide) groups is 1. The molecule has 0 radical (unpaired) electrons. The summed E-state index contributed by atoms with van der Waals surface area (Å²) in [5.41, 5.74) is 1.13. The second-order valence-corrected chi connectivity index (χ2v) is 7.43. The Morgan fingerprint density at radius 3 is 2.87 bits per heavy atom. The molecule has 0 aliphatic carbocycles. The molecule has 2 amide bonds. The third kappa shape index (κ3) is 3.54. The average molecular weight is 336 g/mol. The van der Waals surface area contributed by atoms with Gasteiger partial charge in [-0.05, 0) is 31.7 Å². The molecule has 2 fully saturated rings. The smallest absolute Gasteiger partial charge is 0.246 e. The first-order chi connectivity index (χ1) is 11.1. The fraction of sp³-hybridized carbons (Fsp3) is 0.688. The van der Waals surface area contributed by atoms with Gasteiger partial charge < -0.3 is 9.80 Å². The maximum atomic E-state index is 13.0. The Kier molecular flexibility index (Phi) is 4.94. The van der Waals surface area contributed by atoms with Crippen LogP contribution in [-0.2, 0) is 16.1 Å². The van der Waals surface area contributed by atoms with Gasteiger partial charge in [0.15, 0.2) is 0 Å². The number of rotatable bonds is 3. The number of aryl methyl sites for hydroxylation is 1. The highest BCUT2D eigenvalue weighted by Gasteiger charge is 2.38.